The number of hydrogen-bond acceptors (Lipinski definition) is 4. The van der Waals surface area contributed by atoms with Crippen molar-refractivity contribution in [1.82, 2.24) is 0 Å². The molecule has 3 N–H and O–H groups in total. The largest absolute Gasteiger partial charge is 0.508 e. The lowest BCUT2D eigenvalue weighted by atomic mass is 10.0. The van der Waals surface area contributed by atoms with E-state index in [-0.39, 0.29) is 11.5 Å². The van der Waals surface area contributed by atoms with E-state index in [1.165, 1.54) is 44.2 Å². The number of hydrogen-bond donors (Lipinski definition) is 3. The molecule has 4 heteroatoms. The number of phenolic OH excluding ortho intramolecular Hbond substituents is 2. The van der Waals surface area contributed by atoms with Crippen LogP contribution in [0.1, 0.15) is 63.9 Å². The van der Waals surface area contributed by atoms with Gasteiger partial charge in [-0.05, 0) is 25.0 Å². The SMILES string of the molecule is CCCCCCCCCC(=NO)c1ccc(O)cc1O. The van der Waals surface area contributed by atoms with E-state index in [2.05, 4.69) is 12.1 Å². The van der Waals surface area contributed by atoms with Gasteiger partial charge in [0.05, 0.1) is 5.71 Å². The second-order valence-electron chi connectivity index (χ2n) is 5.12. The highest BCUT2D eigenvalue weighted by Crippen LogP contribution is 2.25. The maximum absolute atomic E-state index is 9.74. The molecule has 0 aliphatic heterocycles. The molecule has 20 heavy (non-hydrogen) atoms. The Labute approximate surface area is 120 Å². The van der Waals surface area contributed by atoms with Crippen molar-refractivity contribution in [2.75, 3.05) is 0 Å². The molecule has 0 atom stereocenters. The summed E-state index contributed by atoms with van der Waals surface area (Å²) in [6.07, 6.45) is 8.95. The number of aromatic hydroxyl groups is 2. The first-order valence-corrected chi connectivity index (χ1v) is 7.42. The molecule has 0 saturated heterocycles. The number of phenols is 2. The number of nitrogens with zero attached hydrogens (tertiary/aromatic N) is 1. The highest BCUT2D eigenvalue weighted by atomic mass is 16.4. The van der Waals surface area contributed by atoms with Gasteiger partial charge in [0.15, 0.2) is 0 Å². The molecular weight excluding hydrogens is 254 g/mol. The second kappa shape index (κ2) is 9.23. The third kappa shape index (κ3) is 5.51. The third-order valence-electron chi connectivity index (χ3n) is 3.43. The molecule has 4 nitrogen and oxygen atoms in total. The van der Waals surface area contributed by atoms with Gasteiger partial charge in [-0.1, -0.05) is 50.6 Å². The first kappa shape index (κ1) is 16.3. The van der Waals surface area contributed by atoms with Crippen LogP contribution in [0.25, 0.3) is 0 Å². The summed E-state index contributed by atoms with van der Waals surface area (Å²) in [5.41, 5.74) is 0.951. The Morgan fingerprint density at radius 3 is 2.25 bits per heavy atom. The van der Waals surface area contributed by atoms with Crippen molar-refractivity contribution in [3.63, 3.8) is 0 Å². The summed E-state index contributed by atoms with van der Waals surface area (Å²) >= 11 is 0. The summed E-state index contributed by atoms with van der Waals surface area (Å²) in [5, 5.41) is 31.3. The van der Waals surface area contributed by atoms with Crippen LogP contribution in [0.2, 0.25) is 0 Å². The van der Waals surface area contributed by atoms with Gasteiger partial charge in [-0.15, -0.1) is 0 Å². The van der Waals surface area contributed by atoms with E-state index >= 15 is 0 Å². The highest BCUT2D eigenvalue weighted by Gasteiger charge is 2.10. The zero-order chi connectivity index (χ0) is 14.8. The molecule has 0 aromatic heterocycles. The zero-order valence-corrected chi connectivity index (χ0v) is 12.2. The molecule has 1 aromatic rings. The maximum Gasteiger partial charge on any atom is 0.128 e. The molecule has 0 fully saturated rings. The van der Waals surface area contributed by atoms with Crippen LogP contribution in [0.15, 0.2) is 23.4 Å². The molecule has 0 saturated carbocycles. The standard InChI is InChI=1S/C16H25NO3/c1-2-3-4-5-6-7-8-9-15(17-20)14-11-10-13(18)12-16(14)19/h10-12,18-20H,2-9H2,1H3. The third-order valence-corrected chi connectivity index (χ3v) is 3.43. The zero-order valence-electron chi connectivity index (χ0n) is 12.2. The lowest BCUT2D eigenvalue weighted by Gasteiger charge is -2.07. The van der Waals surface area contributed by atoms with Gasteiger partial charge < -0.3 is 15.4 Å². The fourth-order valence-corrected chi connectivity index (χ4v) is 2.25. The minimum absolute atomic E-state index is 0.000496. The van der Waals surface area contributed by atoms with Crippen LogP contribution in [-0.2, 0) is 0 Å². The summed E-state index contributed by atoms with van der Waals surface area (Å²) in [7, 11) is 0. The van der Waals surface area contributed by atoms with Gasteiger partial charge in [-0.3, -0.25) is 0 Å². The monoisotopic (exact) mass is 279 g/mol. The molecule has 0 heterocycles. The molecule has 1 rings (SSSR count). The van der Waals surface area contributed by atoms with Gasteiger partial charge in [0.1, 0.15) is 11.5 Å². The van der Waals surface area contributed by atoms with Crippen molar-refractivity contribution in [2.45, 2.75) is 58.3 Å². The quantitative estimate of drug-likeness (QED) is 0.271. The van der Waals surface area contributed by atoms with Crippen LogP contribution < -0.4 is 0 Å². The second-order valence-corrected chi connectivity index (χ2v) is 5.12. The van der Waals surface area contributed by atoms with Crippen LogP contribution >= 0.6 is 0 Å². The van der Waals surface area contributed by atoms with Crippen molar-refractivity contribution in [3.05, 3.63) is 23.8 Å². The van der Waals surface area contributed by atoms with Gasteiger partial charge in [0, 0.05) is 11.6 Å². The fraction of sp³-hybridized carbons (Fsp3) is 0.562. The topological polar surface area (TPSA) is 73.1 Å². The Morgan fingerprint density at radius 1 is 1.00 bits per heavy atom. The molecule has 112 valence electrons. The number of rotatable bonds is 9. The summed E-state index contributed by atoms with van der Waals surface area (Å²) in [6.45, 7) is 2.20. The summed E-state index contributed by atoms with van der Waals surface area (Å²) in [4.78, 5) is 0. The number of unbranched alkanes of at least 4 members (excludes halogenated alkanes) is 6. The Bertz CT molecular complexity index is 430. The first-order valence-electron chi connectivity index (χ1n) is 7.42. The Morgan fingerprint density at radius 2 is 1.65 bits per heavy atom. The minimum Gasteiger partial charge on any atom is -0.508 e. The van der Waals surface area contributed by atoms with E-state index in [9.17, 15) is 10.2 Å². The van der Waals surface area contributed by atoms with E-state index in [4.69, 9.17) is 5.21 Å². The van der Waals surface area contributed by atoms with Crippen molar-refractivity contribution in [1.29, 1.82) is 0 Å². The number of oxime groups is 1. The number of benzene rings is 1. The molecule has 1 aromatic carbocycles. The molecule has 0 aliphatic carbocycles. The summed E-state index contributed by atoms with van der Waals surface area (Å²) in [5.74, 6) is -0.0554. The molecular formula is C16H25NO3. The average molecular weight is 279 g/mol. The fourth-order valence-electron chi connectivity index (χ4n) is 2.25. The van der Waals surface area contributed by atoms with E-state index in [0.717, 1.165) is 12.8 Å². The van der Waals surface area contributed by atoms with Crippen LogP contribution in [-0.4, -0.2) is 21.1 Å². The van der Waals surface area contributed by atoms with E-state index in [1.807, 2.05) is 0 Å². The van der Waals surface area contributed by atoms with Gasteiger partial charge >= 0.3 is 0 Å². The average Bonchev–Trinajstić information content (AvgIpc) is 2.43. The smallest absolute Gasteiger partial charge is 0.128 e. The van der Waals surface area contributed by atoms with Crippen molar-refractivity contribution >= 4 is 5.71 Å². The van der Waals surface area contributed by atoms with Crippen LogP contribution in [0.3, 0.4) is 0 Å². The summed E-state index contributed by atoms with van der Waals surface area (Å²) in [6, 6.07) is 4.30. The highest BCUT2D eigenvalue weighted by molar-refractivity contribution is 6.02. The minimum atomic E-state index is -0.0549. The van der Waals surface area contributed by atoms with Crippen molar-refractivity contribution in [2.24, 2.45) is 5.16 Å². The molecule has 0 unspecified atom stereocenters. The van der Waals surface area contributed by atoms with Crippen LogP contribution in [0, 0.1) is 0 Å². The maximum atomic E-state index is 9.74. The molecule has 0 radical (unpaired) electrons. The van der Waals surface area contributed by atoms with E-state index in [1.54, 1.807) is 6.07 Å². The van der Waals surface area contributed by atoms with Gasteiger partial charge in [0.2, 0.25) is 0 Å². The lowest BCUT2D eigenvalue weighted by Crippen LogP contribution is -2.01. The normalized spacial score (nSPS) is 11.8. The van der Waals surface area contributed by atoms with Crippen molar-refractivity contribution in [3.8, 4) is 11.5 Å². The van der Waals surface area contributed by atoms with E-state index in [0.29, 0.717) is 17.7 Å². The van der Waals surface area contributed by atoms with Crippen molar-refractivity contribution < 1.29 is 15.4 Å². The Kier molecular flexibility index (Phi) is 7.55. The Balaban J connectivity index is 2.37. The van der Waals surface area contributed by atoms with Crippen LogP contribution in [0.4, 0.5) is 0 Å². The first-order chi connectivity index (χ1) is 9.69. The Hall–Kier alpha value is -1.71. The summed E-state index contributed by atoms with van der Waals surface area (Å²) < 4.78 is 0. The predicted molar refractivity (Wildman–Crippen MR) is 80.7 cm³/mol. The molecule has 0 bridgehead atoms. The molecule has 0 spiro atoms. The molecule has 0 aliphatic rings. The van der Waals surface area contributed by atoms with Gasteiger partial charge in [-0.25, -0.2) is 0 Å². The van der Waals surface area contributed by atoms with Gasteiger partial charge in [-0.2, -0.15) is 0 Å². The van der Waals surface area contributed by atoms with Crippen LogP contribution in [0.5, 0.6) is 11.5 Å². The molecule has 0 amide bonds. The predicted octanol–water partition coefficient (Wildman–Crippen LogP) is 4.42. The van der Waals surface area contributed by atoms with Gasteiger partial charge in [0.25, 0.3) is 0 Å². The lowest BCUT2D eigenvalue weighted by molar-refractivity contribution is 0.317. The van der Waals surface area contributed by atoms with E-state index < -0.39 is 0 Å².